The van der Waals surface area contributed by atoms with E-state index in [0.717, 1.165) is 12.1 Å². The van der Waals surface area contributed by atoms with Crippen molar-refractivity contribution >= 4 is 9.84 Å². The van der Waals surface area contributed by atoms with E-state index in [1.54, 1.807) is 0 Å². The van der Waals surface area contributed by atoms with Crippen LogP contribution in [0.25, 0.3) is 0 Å². The summed E-state index contributed by atoms with van der Waals surface area (Å²) in [5.74, 6) is 0. The summed E-state index contributed by atoms with van der Waals surface area (Å²) >= 11 is 0. The lowest BCUT2D eigenvalue weighted by molar-refractivity contribution is -0.0636. The van der Waals surface area contributed by atoms with E-state index in [0.29, 0.717) is 0 Å². The summed E-state index contributed by atoms with van der Waals surface area (Å²) in [6.45, 7) is 0. The van der Waals surface area contributed by atoms with Gasteiger partial charge in [-0.3, -0.25) is 0 Å². The number of hydrogen-bond acceptors (Lipinski definition) is 2. The van der Waals surface area contributed by atoms with Gasteiger partial charge >= 0.3 is 11.7 Å². The highest BCUT2D eigenvalue weighted by Gasteiger charge is 2.54. The molecule has 1 aromatic rings. The van der Waals surface area contributed by atoms with E-state index >= 15 is 0 Å². The number of rotatable bonds is 3. The first kappa shape index (κ1) is 12.0. The fraction of sp³-hybridized carbons (Fsp3) is 0.250. The molecule has 2 nitrogen and oxygen atoms in total. The Bertz CT molecular complexity index is 427. The van der Waals surface area contributed by atoms with Crippen molar-refractivity contribution in [2.75, 3.05) is 0 Å². The van der Waals surface area contributed by atoms with Crippen LogP contribution >= 0.6 is 0 Å². The molecule has 0 aromatic heterocycles. The van der Waals surface area contributed by atoms with Crippen LogP contribution in [0.2, 0.25) is 0 Å². The Morgan fingerprint density at radius 1 is 1.07 bits per heavy atom. The van der Waals surface area contributed by atoms with E-state index in [1.807, 2.05) is 0 Å². The summed E-state index contributed by atoms with van der Waals surface area (Å²) in [5, 5.41) is -5.06. The molecule has 0 radical (unpaired) electrons. The number of alkyl halides is 4. The Morgan fingerprint density at radius 2 is 1.53 bits per heavy atom. The first-order valence-corrected chi connectivity index (χ1v) is 5.24. The third-order valence-corrected chi connectivity index (χ3v) is 3.45. The van der Waals surface area contributed by atoms with Crippen molar-refractivity contribution in [1.29, 1.82) is 0 Å². The van der Waals surface area contributed by atoms with Gasteiger partial charge in [-0.25, -0.2) is 17.2 Å². The Balaban J connectivity index is 3.27. The second kappa shape index (κ2) is 3.80. The lowest BCUT2D eigenvalue weighted by Gasteiger charge is -2.15. The van der Waals surface area contributed by atoms with Crippen molar-refractivity contribution in [2.45, 2.75) is 16.6 Å². The molecule has 0 aliphatic rings. The first-order valence-electron chi connectivity index (χ1n) is 3.76. The Labute approximate surface area is 83.4 Å². The van der Waals surface area contributed by atoms with Gasteiger partial charge in [0.2, 0.25) is 9.84 Å². The van der Waals surface area contributed by atoms with Crippen molar-refractivity contribution in [3.63, 3.8) is 0 Å². The molecule has 0 unspecified atom stereocenters. The van der Waals surface area contributed by atoms with Crippen molar-refractivity contribution in [2.24, 2.45) is 0 Å². The molecule has 0 saturated heterocycles. The first-order chi connectivity index (χ1) is 6.80. The average molecular weight is 242 g/mol. The minimum atomic E-state index is -5.32. The minimum Gasteiger partial charge on any atom is -0.217 e. The van der Waals surface area contributed by atoms with E-state index < -0.39 is 26.4 Å². The SMILES string of the molecule is O=S(=O)(c1ccccc1)C(F)(F)C(F)F. The largest absolute Gasteiger partial charge is 0.408 e. The van der Waals surface area contributed by atoms with Crippen LogP contribution in [0.1, 0.15) is 0 Å². The molecule has 0 bridgehead atoms. The van der Waals surface area contributed by atoms with Crippen molar-refractivity contribution in [3.05, 3.63) is 30.3 Å². The molecule has 0 heterocycles. The average Bonchev–Trinajstić information content (AvgIpc) is 2.18. The Kier molecular flexibility index (Phi) is 3.03. The zero-order valence-corrected chi connectivity index (χ0v) is 8.02. The molecule has 0 fully saturated rings. The van der Waals surface area contributed by atoms with Gasteiger partial charge < -0.3 is 0 Å². The monoisotopic (exact) mass is 242 g/mol. The van der Waals surface area contributed by atoms with Gasteiger partial charge in [-0.15, -0.1) is 0 Å². The van der Waals surface area contributed by atoms with Crippen LogP contribution in [0.4, 0.5) is 17.6 Å². The summed E-state index contributed by atoms with van der Waals surface area (Å²) in [5.41, 5.74) is 0. The van der Waals surface area contributed by atoms with Gasteiger partial charge in [-0.05, 0) is 12.1 Å². The molecular formula is C8H6F4O2S. The Hall–Kier alpha value is -1.11. The smallest absolute Gasteiger partial charge is 0.217 e. The molecule has 0 N–H and O–H groups in total. The van der Waals surface area contributed by atoms with Gasteiger partial charge in [0, 0.05) is 0 Å². The van der Waals surface area contributed by atoms with Gasteiger partial charge in [0.05, 0.1) is 4.90 Å². The highest BCUT2D eigenvalue weighted by Crippen LogP contribution is 2.34. The van der Waals surface area contributed by atoms with E-state index in [4.69, 9.17) is 0 Å². The predicted molar refractivity (Wildman–Crippen MR) is 44.6 cm³/mol. The van der Waals surface area contributed by atoms with Crippen LogP contribution in [0.5, 0.6) is 0 Å². The minimum absolute atomic E-state index is 0.824. The second-order valence-electron chi connectivity index (χ2n) is 2.68. The summed E-state index contributed by atoms with van der Waals surface area (Å²) in [4.78, 5) is -0.824. The van der Waals surface area contributed by atoms with Crippen molar-refractivity contribution < 1.29 is 26.0 Å². The van der Waals surface area contributed by atoms with Gasteiger partial charge in [-0.2, -0.15) is 8.78 Å². The summed E-state index contributed by atoms with van der Waals surface area (Å²) in [6, 6.07) is 5.42. The predicted octanol–water partition coefficient (Wildman–Crippen LogP) is 2.32. The molecule has 15 heavy (non-hydrogen) atoms. The maximum absolute atomic E-state index is 12.7. The van der Waals surface area contributed by atoms with Gasteiger partial charge in [0.1, 0.15) is 0 Å². The molecule has 0 saturated carbocycles. The van der Waals surface area contributed by atoms with Crippen molar-refractivity contribution in [3.8, 4) is 0 Å². The number of hydrogen-bond donors (Lipinski definition) is 0. The maximum Gasteiger partial charge on any atom is 0.408 e. The topological polar surface area (TPSA) is 34.1 Å². The van der Waals surface area contributed by atoms with Crippen LogP contribution in [-0.2, 0) is 9.84 Å². The molecule has 0 aliphatic heterocycles. The van der Waals surface area contributed by atoms with E-state index in [1.165, 1.54) is 18.2 Å². The highest BCUT2D eigenvalue weighted by atomic mass is 32.2. The van der Waals surface area contributed by atoms with Crippen LogP contribution in [0.3, 0.4) is 0 Å². The standard InChI is InChI=1S/C8H6F4O2S/c9-7(10)8(11,12)15(13,14)6-4-2-1-3-5-6/h1-5,7H. The van der Waals surface area contributed by atoms with Crippen molar-refractivity contribution in [1.82, 2.24) is 0 Å². The summed E-state index contributed by atoms with van der Waals surface area (Å²) < 4.78 is 71.2. The molecule has 0 atom stereocenters. The molecule has 0 amide bonds. The normalized spacial score (nSPS) is 13.1. The fourth-order valence-corrected chi connectivity index (χ4v) is 1.94. The van der Waals surface area contributed by atoms with Crippen LogP contribution in [0, 0.1) is 0 Å². The van der Waals surface area contributed by atoms with Crippen LogP contribution in [0.15, 0.2) is 35.2 Å². The number of halogens is 4. The molecule has 1 aromatic carbocycles. The molecular weight excluding hydrogens is 236 g/mol. The molecule has 1 rings (SSSR count). The third-order valence-electron chi connectivity index (χ3n) is 1.67. The molecule has 7 heteroatoms. The molecule has 0 aliphatic carbocycles. The lowest BCUT2D eigenvalue weighted by Crippen LogP contribution is -2.36. The van der Waals surface area contributed by atoms with Crippen LogP contribution in [-0.4, -0.2) is 20.1 Å². The zero-order valence-electron chi connectivity index (χ0n) is 7.20. The zero-order chi connectivity index (χ0) is 11.7. The maximum atomic E-state index is 12.7. The second-order valence-corrected chi connectivity index (χ2v) is 4.70. The van der Waals surface area contributed by atoms with E-state index in [9.17, 15) is 26.0 Å². The molecule has 84 valence electrons. The van der Waals surface area contributed by atoms with Gasteiger partial charge in [-0.1, -0.05) is 18.2 Å². The van der Waals surface area contributed by atoms with Gasteiger partial charge in [0.15, 0.2) is 0 Å². The lowest BCUT2D eigenvalue weighted by atomic mass is 10.4. The van der Waals surface area contributed by atoms with Crippen LogP contribution < -0.4 is 0 Å². The highest BCUT2D eigenvalue weighted by molar-refractivity contribution is 7.92. The quantitative estimate of drug-likeness (QED) is 0.762. The summed E-state index contributed by atoms with van der Waals surface area (Å²) in [7, 11) is -5.32. The number of sulfone groups is 1. The Morgan fingerprint density at radius 3 is 1.93 bits per heavy atom. The van der Waals surface area contributed by atoms with Gasteiger partial charge in [0.25, 0.3) is 0 Å². The van der Waals surface area contributed by atoms with E-state index in [-0.39, 0.29) is 0 Å². The number of benzene rings is 1. The fourth-order valence-electron chi connectivity index (χ4n) is 0.874. The van der Waals surface area contributed by atoms with E-state index in [2.05, 4.69) is 0 Å². The molecule has 0 spiro atoms. The third kappa shape index (κ3) is 1.97. The summed E-state index contributed by atoms with van der Waals surface area (Å²) in [6.07, 6.45) is -4.25.